The van der Waals surface area contributed by atoms with Crippen molar-refractivity contribution < 1.29 is 29.4 Å². The summed E-state index contributed by atoms with van der Waals surface area (Å²) in [6.07, 6.45) is 3.71. The van der Waals surface area contributed by atoms with Crippen LogP contribution >= 0.6 is 0 Å². The minimum absolute atomic E-state index is 0.00217. The number of carboxylic acids is 1. The van der Waals surface area contributed by atoms with E-state index >= 15 is 0 Å². The van der Waals surface area contributed by atoms with Gasteiger partial charge >= 0.3 is 5.97 Å². The minimum Gasteiger partial charge on any atom is -0.508 e. The smallest absolute Gasteiger partial charge is 0.326 e. The van der Waals surface area contributed by atoms with Gasteiger partial charge in [-0.2, -0.15) is 0 Å². The van der Waals surface area contributed by atoms with Crippen LogP contribution in [0.4, 0.5) is 0 Å². The molecule has 0 aliphatic heterocycles. The second kappa shape index (κ2) is 15.3. The number of phenolic OH excluding ortho intramolecular Hbond substituents is 1. The summed E-state index contributed by atoms with van der Waals surface area (Å²) < 4.78 is 0. The standard InChI is InChI=1S/C30H38N6O6/c1-3-18(2)26(36-27(38)23(31)13-19-7-5-4-6-8-19)29(40)34-24(15-21-16-32-17-33-21)28(39)35-25(30(41)42)14-20-9-11-22(37)12-10-20/h4-12,16-18,23-26,37H,3,13-15,31H2,1-2H3,(H,32,33)(H,34,40)(H,35,39)(H,36,38)(H,41,42). The molecule has 2 aromatic carbocycles. The van der Waals surface area contributed by atoms with Crippen LogP contribution in [0.1, 0.15) is 37.1 Å². The third-order valence-electron chi connectivity index (χ3n) is 7.03. The number of rotatable bonds is 15. The van der Waals surface area contributed by atoms with Gasteiger partial charge < -0.3 is 36.9 Å². The zero-order valence-corrected chi connectivity index (χ0v) is 23.6. The Bertz CT molecular complexity index is 1320. The Morgan fingerprint density at radius 3 is 2.10 bits per heavy atom. The number of nitrogens with zero attached hydrogens (tertiary/aromatic N) is 1. The van der Waals surface area contributed by atoms with Gasteiger partial charge in [-0.3, -0.25) is 14.4 Å². The predicted octanol–water partition coefficient (Wildman–Crippen LogP) is 1.06. The molecular weight excluding hydrogens is 540 g/mol. The Balaban J connectivity index is 1.75. The van der Waals surface area contributed by atoms with Crippen molar-refractivity contribution in [3.05, 3.63) is 83.9 Å². The molecule has 8 N–H and O–H groups in total. The van der Waals surface area contributed by atoms with E-state index in [0.717, 1.165) is 5.56 Å². The summed E-state index contributed by atoms with van der Waals surface area (Å²) in [7, 11) is 0. The summed E-state index contributed by atoms with van der Waals surface area (Å²) in [5.41, 5.74) is 8.14. The quantitative estimate of drug-likeness (QED) is 0.139. The van der Waals surface area contributed by atoms with Crippen LogP contribution in [0.25, 0.3) is 0 Å². The van der Waals surface area contributed by atoms with Crippen molar-refractivity contribution >= 4 is 23.7 Å². The SMILES string of the molecule is CCC(C)C(NC(=O)C(N)Cc1ccccc1)C(=O)NC(Cc1cnc[nH]1)C(=O)NC(Cc1ccc(O)cc1)C(=O)O. The number of hydrogen-bond acceptors (Lipinski definition) is 7. The summed E-state index contributed by atoms with van der Waals surface area (Å²) in [5, 5.41) is 27.2. The molecule has 12 nitrogen and oxygen atoms in total. The molecule has 3 aromatic rings. The number of phenols is 1. The number of nitrogens with two attached hydrogens (primary N) is 1. The van der Waals surface area contributed by atoms with E-state index in [1.54, 1.807) is 19.1 Å². The normalized spacial score (nSPS) is 14.5. The van der Waals surface area contributed by atoms with Crippen LogP contribution in [0.5, 0.6) is 5.75 Å². The summed E-state index contributed by atoms with van der Waals surface area (Å²) in [6.45, 7) is 3.67. The number of aromatic amines is 1. The Morgan fingerprint density at radius 2 is 1.50 bits per heavy atom. The van der Waals surface area contributed by atoms with Crippen molar-refractivity contribution in [1.82, 2.24) is 25.9 Å². The highest BCUT2D eigenvalue weighted by atomic mass is 16.4. The van der Waals surface area contributed by atoms with E-state index in [4.69, 9.17) is 5.73 Å². The molecule has 42 heavy (non-hydrogen) atoms. The lowest BCUT2D eigenvalue weighted by atomic mass is 9.96. The number of imidazole rings is 1. The molecule has 12 heteroatoms. The molecule has 0 saturated carbocycles. The number of aromatic nitrogens is 2. The zero-order chi connectivity index (χ0) is 30.6. The number of carbonyl (C=O) groups is 4. The van der Waals surface area contributed by atoms with Gasteiger partial charge in [-0.1, -0.05) is 62.7 Å². The van der Waals surface area contributed by atoms with Gasteiger partial charge in [0, 0.05) is 24.7 Å². The highest BCUT2D eigenvalue weighted by molar-refractivity contribution is 5.94. The van der Waals surface area contributed by atoms with E-state index < -0.39 is 47.9 Å². The van der Waals surface area contributed by atoms with Crippen molar-refractivity contribution in [1.29, 1.82) is 0 Å². The van der Waals surface area contributed by atoms with E-state index in [-0.39, 0.29) is 30.9 Å². The largest absolute Gasteiger partial charge is 0.508 e. The maximum Gasteiger partial charge on any atom is 0.326 e. The average Bonchev–Trinajstić information content (AvgIpc) is 3.49. The predicted molar refractivity (Wildman–Crippen MR) is 155 cm³/mol. The molecule has 0 saturated heterocycles. The summed E-state index contributed by atoms with van der Waals surface area (Å²) in [6, 6.07) is 10.9. The molecule has 5 unspecified atom stereocenters. The number of aromatic hydroxyl groups is 1. The van der Waals surface area contributed by atoms with Gasteiger partial charge in [0.1, 0.15) is 23.9 Å². The first-order valence-electron chi connectivity index (χ1n) is 13.8. The number of benzene rings is 2. The van der Waals surface area contributed by atoms with Gasteiger partial charge in [0.25, 0.3) is 0 Å². The first-order valence-corrected chi connectivity index (χ1v) is 13.8. The molecule has 0 aliphatic rings. The van der Waals surface area contributed by atoms with Gasteiger partial charge in [0.15, 0.2) is 0 Å². The second-order valence-electron chi connectivity index (χ2n) is 10.3. The molecule has 3 amide bonds. The molecule has 5 atom stereocenters. The number of aliphatic carboxylic acids is 1. The topological polar surface area (TPSA) is 200 Å². The first kappa shape index (κ1) is 31.8. The Labute approximate surface area is 244 Å². The molecule has 3 rings (SSSR count). The van der Waals surface area contributed by atoms with E-state index in [0.29, 0.717) is 17.7 Å². The van der Waals surface area contributed by atoms with Crippen LogP contribution in [-0.4, -0.2) is 68.0 Å². The fraction of sp³-hybridized carbons (Fsp3) is 0.367. The molecule has 0 fully saturated rings. The first-order chi connectivity index (χ1) is 20.1. The van der Waals surface area contributed by atoms with Gasteiger partial charge in [-0.05, 0) is 35.6 Å². The molecular formula is C30H38N6O6. The molecule has 0 radical (unpaired) electrons. The Hall–Kier alpha value is -4.71. The van der Waals surface area contributed by atoms with Gasteiger partial charge in [-0.25, -0.2) is 9.78 Å². The molecule has 224 valence electrons. The van der Waals surface area contributed by atoms with Crippen LogP contribution in [-0.2, 0) is 38.4 Å². The van der Waals surface area contributed by atoms with Crippen molar-refractivity contribution in [2.45, 2.75) is 63.7 Å². The number of nitrogens with one attached hydrogen (secondary N) is 4. The molecule has 1 aromatic heterocycles. The van der Waals surface area contributed by atoms with Crippen LogP contribution in [0.2, 0.25) is 0 Å². The summed E-state index contributed by atoms with van der Waals surface area (Å²) in [4.78, 5) is 58.7. The Kier molecular flexibility index (Phi) is 11.6. The fourth-order valence-corrected chi connectivity index (χ4v) is 4.35. The van der Waals surface area contributed by atoms with Gasteiger partial charge in [0.05, 0.1) is 12.4 Å². The lowest BCUT2D eigenvalue weighted by molar-refractivity contribution is -0.142. The third-order valence-corrected chi connectivity index (χ3v) is 7.03. The van der Waals surface area contributed by atoms with E-state index in [9.17, 15) is 29.4 Å². The van der Waals surface area contributed by atoms with E-state index in [1.807, 2.05) is 37.3 Å². The Morgan fingerprint density at radius 1 is 0.857 bits per heavy atom. The van der Waals surface area contributed by atoms with Crippen LogP contribution in [0.15, 0.2) is 67.1 Å². The van der Waals surface area contributed by atoms with Crippen molar-refractivity contribution in [3.63, 3.8) is 0 Å². The highest BCUT2D eigenvalue weighted by Crippen LogP contribution is 2.13. The van der Waals surface area contributed by atoms with Crippen molar-refractivity contribution in [2.75, 3.05) is 0 Å². The van der Waals surface area contributed by atoms with Crippen molar-refractivity contribution in [3.8, 4) is 5.75 Å². The third kappa shape index (κ3) is 9.44. The molecule has 0 bridgehead atoms. The number of hydrogen-bond donors (Lipinski definition) is 7. The fourth-order valence-electron chi connectivity index (χ4n) is 4.35. The summed E-state index contributed by atoms with van der Waals surface area (Å²) >= 11 is 0. The second-order valence-corrected chi connectivity index (χ2v) is 10.3. The maximum atomic E-state index is 13.5. The monoisotopic (exact) mass is 578 g/mol. The van der Waals surface area contributed by atoms with Crippen LogP contribution < -0.4 is 21.7 Å². The van der Waals surface area contributed by atoms with E-state index in [2.05, 4.69) is 25.9 Å². The number of amides is 3. The van der Waals surface area contributed by atoms with E-state index in [1.165, 1.54) is 24.7 Å². The number of carboxylic acid groups (broad SMARTS) is 1. The molecule has 0 spiro atoms. The maximum absolute atomic E-state index is 13.5. The average molecular weight is 579 g/mol. The summed E-state index contributed by atoms with van der Waals surface area (Å²) in [5.74, 6) is -3.36. The lowest BCUT2D eigenvalue weighted by Crippen LogP contribution is -2.59. The van der Waals surface area contributed by atoms with Gasteiger partial charge in [0.2, 0.25) is 17.7 Å². The highest BCUT2D eigenvalue weighted by Gasteiger charge is 2.33. The molecule has 1 heterocycles. The molecule has 0 aliphatic carbocycles. The van der Waals surface area contributed by atoms with Crippen LogP contribution in [0.3, 0.4) is 0 Å². The lowest BCUT2D eigenvalue weighted by Gasteiger charge is -2.28. The van der Waals surface area contributed by atoms with Crippen molar-refractivity contribution in [2.24, 2.45) is 11.7 Å². The zero-order valence-electron chi connectivity index (χ0n) is 23.6. The number of carbonyl (C=O) groups excluding carboxylic acids is 3. The number of H-pyrrole nitrogens is 1. The van der Waals surface area contributed by atoms with Crippen LogP contribution in [0, 0.1) is 5.92 Å². The minimum atomic E-state index is -1.30. The van der Waals surface area contributed by atoms with Gasteiger partial charge in [-0.15, -0.1) is 0 Å².